The Morgan fingerprint density at radius 2 is 2.04 bits per heavy atom. The van der Waals surface area contributed by atoms with Gasteiger partial charge < -0.3 is 14.7 Å². The van der Waals surface area contributed by atoms with Crippen LogP contribution in [0.3, 0.4) is 0 Å². The number of ether oxygens (including phenoxy) is 1. The number of piperidine rings is 1. The number of rotatable bonds is 4. The summed E-state index contributed by atoms with van der Waals surface area (Å²) in [5.74, 6) is 0.706. The van der Waals surface area contributed by atoms with Crippen molar-refractivity contribution in [3.8, 4) is 11.4 Å². The van der Waals surface area contributed by atoms with E-state index in [9.17, 15) is 9.90 Å². The summed E-state index contributed by atoms with van der Waals surface area (Å²) in [5.41, 5.74) is 0.658. The second kappa shape index (κ2) is 6.28. The maximum absolute atomic E-state index is 11.5. The lowest BCUT2D eigenvalue weighted by atomic mass is 9.99. The Hall–Kier alpha value is -2.57. The van der Waals surface area contributed by atoms with E-state index in [1.807, 2.05) is 23.1 Å². The zero-order valence-electron chi connectivity index (χ0n) is 13.3. The van der Waals surface area contributed by atoms with Crippen molar-refractivity contribution in [2.45, 2.75) is 19.8 Å². The molecule has 0 amide bonds. The zero-order valence-corrected chi connectivity index (χ0v) is 13.3. The summed E-state index contributed by atoms with van der Waals surface area (Å²) in [7, 11) is 1.58. The van der Waals surface area contributed by atoms with E-state index in [-0.39, 0.29) is 5.69 Å². The zero-order chi connectivity index (χ0) is 16.4. The summed E-state index contributed by atoms with van der Waals surface area (Å²) >= 11 is 0. The lowest BCUT2D eigenvalue weighted by molar-refractivity contribution is 0.0690. The molecule has 0 atom stereocenters. The van der Waals surface area contributed by atoms with Crippen molar-refractivity contribution in [3.05, 3.63) is 30.0 Å². The standard InChI is InChI=1S/C16H20N4O3/c1-11-6-8-19(9-7-11)15-14(16(21)22)17-20(18-15)12-4-3-5-13(10-12)23-2/h3-5,10-11H,6-9H2,1-2H3,(H,21,22). The van der Waals surface area contributed by atoms with Gasteiger partial charge in [-0.3, -0.25) is 0 Å². The predicted molar refractivity (Wildman–Crippen MR) is 85.5 cm³/mol. The third kappa shape index (κ3) is 3.13. The van der Waals surface area contributed by atoms with Gasteiger partial charge in [-0.05, 0) is 30.9 Å². The van der Waals surface area contributed by atoms with Crippen molar-refractivity contribution < 1.29 is 14.6 Å². The van der Waals surface area contributed by atoms with Gasteiger partial charge in [0.2, 0.25) is 5.69 Å². The minimum atomic E-state index is -1.06. The van der Waals surface area contributed by atoms with Gasteiger partial charge in [0.05, 0.1) is 12.8 Å². The number of hydrogen-bond acceptors (Lipinski definition) is 5. The predicted octanol–water partition coefficient (Wildman–Crippen LogP) is 2.21. The molecular weight excluding hydrogens is 296 g/mol. The number of carbonyl (C=O) groups is 1. The SMILES string of the molecule is COc1cccc(-n2nc(C(=O)O)c(N3CCC(C)CC3)n2)c1. The molecule has 3 rings (SSSR count). The lowest BCUT2D eigenvalue weighted by Gasteiger charge is -2.30. The molecule has 1 aromatic carbocycles. The molecule has 7 nitrogen and oxygen atoms in total. The first kappa shape index (κ1) is 15.3. The number of carboxylic acids is 1. The molecule has 1 N–H and O–H groups in total. The van der Waals surface area contributed by atoms with E-state index < -0.39 is 5.97 Å². The van der Waals surface area contributed by atoms with Crippen LogP contribution in [0.15, 0.2) is 24.3 Å². The fraction of sp³-hybridized carbons (Fsp3) is 0.438. The van der Waals surface area contributed by atoms with Crippen LogP contribution in [0.25, 0.3) is 5.69 Å². The van der Waals surface area contributed by atoms with Gasteiger partial charge in [0, 0.05) is 19.2 Å². The van der Waals surface area contributed by atoms with Crippen LogP contribution in [0.4, 0.5) is 5.82 Å². The highest BCUT2D eigenvalue weighted by atomic mass is 16.5. The summed E-state index contributed by atoms with van der Waals surface area (Å²) in [6.45, 7) is 3.82. The molecule has 0 aliphatic carbocycles. The van der Waals surface area contributed by atoms with Gasteiger partial charge >= 0.3 is 5.97 Å². The third-order valence-electron chi connectivity index (χ3n) is 4.17. The number of hydrogen-bond donors (Lipinski definition) is 1. The first-order chi connectivity index (χ1) is 11.1. The second-order valence-electron chi connectivity index (χ2n) is 5.84. The number of benzene rings is 1. The molecule has 1 aromatic heterocycles. The minimum Gasteiger partial charge on any atom is -0.497 e. The quantitative estimate of drug-likeness (QED) is 0.931. The third-order valence-corrected chi connectivity index (χ3v) is 4.17. The minimum absolute atomic E-state index is 0.0117. The summed E-state index contributed by atoms with van der Waals surface area (Å²) in [6.07, 6.45) is 2.07. The fourth-order valence-electron chi connectivity index (χ4n) is 2.72. The van der Waals surface area contributed by atoms with E-state index in [0.717, 1.165) is 25.9 Å². The average Bonchev–Trinajstić information content (AvgIpc) is 3.01. The van der Waals surface area contributed by atoms with E-state index in [4.69, 9.17) is 4.74 Å². The van der Waals surface area contributed by atoms with E-state index >= 15 is 0 Å². The Kier molecular flexibility index (Phi) is 4.18. The molecule has 0 spiro atoms. The summed E-state index contributed by atoms with van der Waals surface area (Å²) in [5, 5.41) is 18.0. The van der Waals surface area contributed by atoms with E-state index in [1.54, 1.807) is 13.2 Å². The molecule has 7 heteroatoms. The van der Waals surface area contributed by atoms with Gasteiger partial charge in [-0.25, -0.2) is 4.79 Å². The fourth-order valence-corrected chi connectivity index (χ4v) is 2.72. The van der Waals surface area contributed by atoms with Crippen LogP contribution in [0.2, 0.25) is 0 Å². The van der Waals surface area contributed by atoms with E-state index in [2.05, 4.69) is 17.1 Å². The van der Waals surface area contributed by atoms with Crippen molar-refractivity contribution >= 4 is 11.8 Å². The van der Waals surface area contributed by atoms with Crippen LogP contribution in [0, 0.1) is 5.92 Å². The average molecular weight is 316 g/mol. The summed E-state index contributed by atoms with van der Waals surface area (Å²) < 4.78 is 5.19. The highest BCUT2D eigenvalue weighted by Gasteiger charge is 2.26. The smallest absolute Gasteiger partial charge is 0.360 e. The number of aromatic nitrogens is 3. The summed E-state index contributed by atoms with van der Waals surface area (Å²) in [6, 6.07) is 7.22. The molecule has 0 radical (unpaired) electrons. The molecule has 1 fully saturated rings. The van der Waals surface area contributed by atoms with Crippen LogP contribution in [-0.4, -0.2) is 46.3 Å². The first-order valence-corrected chi connectivity index (χ1v) is 7.68. The first-order valence-electron chi connectivity index (χ1n) is 7.68. The molecule has 0 bridgehead atoms. The Bertz CT molecular complexity index is 705. The molecule has 1 aliphatic rings. The van der Waals surface area contributed by atoms with Crippen LogP contribution in [0.1, 0.15) is 30.3 Å². The van der Waals surface area contributed by atoms with Crippen molar-refractivity contribution in [2.24, 2.45) is 5.92 Å². The van der Waals surface area contributed by atoms with Crippen LogP contribution in [0.5, 0.6) is 5.75 Å². The lowest BCUT2D eigenvalue weighted by Crippen LogP contribution is -2.34. The Morgan fingerprint density at radius 1 is 1.30 bits per heavy atom. The second-order valence-corrected chi connectivity index (χ2v) is 5.84. The topological polar surface area (TPSA) is 80.5 Å². The van der Waals surface area contributed by atoms with Gasteiger partial charge in [0.15, 0.2) is 5.82 Å². The Balaban J connectivity index is 1.96. The van der Waals surface area contributed by atoms with Gasteiger partial charge in [-0.1, -0.05) is 13.0 Å². The maximum atomic E-state index is 11.5. The van der Waals surface area contributed by atoms with E-state index in [0.29, 0.717) is 23.2 Å². The highest BCUT2D eigenvalue weighted by molar-refractivity contribution is 5.91. The molecule has 2 aromatic rings. The molecule has 23 heavy (non-hydrogen) atoms. The molecule has 1 saturated heterocycles. The van der Waals surface area contributed by atoms with Gasteiger partial charge in [0.25, 0.3) is 0 Å². The number of carboxylic acid groups (broad SMARTS) is 1. The Morgan fingerprint density at radius 3 is 2.70 bits per heavy atom. The monoisotopic (exact) mass is 316 g/mol. The van der Waals surface area contributed by atoms with Crippen molar-refractivity contribution in [3.63, 3.8) is 0 Å². The maximum Gasteiger partial charge on any atom is 0.360 e. The molecular formula is C16H20N4O3. The number of methoxy groups -OCH3 is 1. The molecule has 2 heterocycles. The summed E-state index contributed by atoms with van der Waals surface area (Å²) in [4.78, 5) is 14.9. The van der Waals surface area contributed by atoms with Crippen LogP contribution in [-0.2, 0) is 0 Å². The van der Waals surface area contributed by atoms with Crippen LogP contribution < -0.4 is 9.64 Å². The highest BCUT2D eigenvalue weighted by Crippen LogP contribution is 2.25. The molecule has 122 valence electrons. The van der Waals surface area contributed by atoms with E-state index in [1.165, 1.54) is 4.80 Å². The van der Waals surface area contributed by atoms with Crippen molar-refractivity contribution in [1.29, 1.82) is 0 Å². The molecule has 1 aliphatic heterocycles. The Labute approximate surface area is 134 Å². The molecule has 0 saturated carbocycles. The van der Waals surface area contributed by atoms with Crippen molar-refractivity contribution in [2.75, 3.05) is 25.1 Å². The van der Waals surface area contributed by atoms with Gasteiger partial charge in [-0.15, -0.1) is 15.0 Å². The number of anilines is 1. The number of aromatic carboxylic acids is 1. The van der Waals surface area contributed by atoms with Gasteiger partial charge in [0.1, 0.15) is 5.75 Å². The van der Waals surface area contributed by atoms with Crippen LogP contribution >= 0.6 is 0 Å². The van der Waals surface area contributed by atoms with Crippen molar-refractivity contribution in [1.82, 2.24) is 15.0 Å². The normalized spacial score (nSPS) is 15.7. The number of nitrogens with zero attached hydrogens (tertiary/aromatic N) is 4. The largest absolute Gasteiger partial charge is 0.497 e. The van der Waals surface area contributed by atoms with Gasteiger partial charge in [-0.2, -0.15) is 0 Å². The molecule has 0 unspecified atom stereocenters.